The maximum absolute atomic E-state index is 13.3. The number of carbonyl (C=O) groups excluding carboxylic acids is 2. The van der Waals surface area contributed by atoms with Crippen molar-refractivity contribution in [2.24, 2.45) is 0 Å². The van der Waals surface area contributed by atoms with Gasteiger partial charge in [-0.25, -0.2) is 9.97 Å². The van der Waals surface area contributed by atoms with Crippen LogP contribution in [0.1, 0.15) is 29.4 Å². The fourth-order valence-electron chi connectivity index (χ4n) is 4.45. The molecule has 2 N–H and O–H groups in total. The first-order valence-electron chi connectivity index (χ1n) is 11.1. The molecule has 1 atom stereocenters. The van der Waals surface area contributed by atoms with Crippen LogP contribution in [0.2, 0.25) is 5.02 Å². The van der Waals surface area contributed by atoms with Gasteiger partial charge in [0.1, 0.15) is 23.9 Å². The molecule has 1 saturated heterocycles. The molecule has 0 spiro atoms. The van der Waals surface area contributed by atoms with E-state index in [9.17, 15) is 9.59 Å². The molecule has 1 aliphatic rings. The third-order valence-electron chi connectivity index (χ3n) is 6.24. The Hall–Kier alpha value is -3.78. The van der Waals surface area contributed by atoms with Crippen LogP contribution in [0.25, 0.3) is 21.7 Å². The second-order valence-electron chi connectivity index (χ2n) is 8.35. The lowest BCUT2D eigenvalue weighted by Gasteiger charge is -2.40. The van der Waals surface area contributed by atoms with Gasteiger partial charge in [-0.05, 0) is 47.7 Å². The van der Waals surface area contributed by atoms with Crippen LogP contribution in [-0.2, 0) is 11.3 Å². The van der Waals surface area contributed by atoms with Gasteiger partial charge in [-0.3, -0.25) is 14.6 Å². The lowest BCUT2D eigenvalue weighted by Crippen LogP contribution is -2.58. The summed E-state index contributed by atoms with van der Waals surface area (Å²) in [5.74, 6) is 0.114. The van der Waals surface area contributed by atoms with Gasteiger partial charge >= 0.3 is 0 Å². The predicted octanol–water partition coefficient (Wildman–Crippen LogP) is 3.68. The van der Waals surface area contributed by atoms with E-state index >= 15 is 0 Å². The molecule has 2 amide bonds. The van der Waals surface area contributed by atoms with Crippen LogP contribution in [0.4, 0.5) is 5.82 Å². The summed E-state index contributed by atoms with van der Waals surface area (Å²) in [4.78, 5) is 42.7. The Morgan fingerprint density at radius 3 is 2.76 bits per heavy atom. The minimum Gasteiger partial charge on any atom is -0.383 e. The Bertz CT molecular complexity index is 1430. The van der Waals surface area contributed by atoms with Gasteiger partial charge in [-0.2, -0.15) is 0 Å². The fourth-order valence-corrected chi connectivity index (χ4v) is 4.63. The number of carbonyl (C=O) groups is 2. The molecule has 3 heterocycles. The quantitative estimate of drug-likeness (QED) is 0.483. The smallest absolute Gasteiger partial charge is 0.273 e. The van der Waals surface area contributed by atoms with Crippen molar-refractivity contribution in [2.75, 3.05) is 18.8 Å². The first kappa shape index (κ1) is 22.0. The van der Waals surface area contributed by atoms with Crippen molar-refractivity contribution >= 4 is 50.9 Å². The topological polar surface area (TPSA) is 105 Å². The number of piperazine rings is 1. The summed E-state index contributed by atoms with van der Waals surface area (Å²) >= 11 is 6.05. The minimum absolute atomic E-state index is 0.0723. The van der Waals surface area contributed by atoms with Crippen molar-refractivity contribution in [3.05, 3.63) is 71.3 Å². The summed E-state index contributed by atoms with van der Waals surface area (Å²) in [7, 11) is 0. The molecule has 0 unspecified atom stereocenters. The molecule has 2 aromatic heterocycles. The van der Waals surface area contributed by atoms with Crippen LogP contribution in [0.3, 0.4) is 0 Å². The zero-order valence-corrected chi connectivity index (χ0v) is 19.4. The number of nitrogen functional groups attached to an aromatic ring is 1. The van der Waals surface area contributed by atoms with Gasteiger partial charge in [0.15, 0.2) is 0 Å². The Kier molecular flexibility index (Phi) is 5.75. The monoisotopic (exact) mass is 474 g/mol. The summed E-state index contributed by atoms with van der Waals surface area (Å²) in [6.07, 6.45) is 3.59. The summed E-state index contributed by atoms with van der Waals surface area (Å²) in [5.41, 5.74) is 7.92. The molecule has 1 fully saturated rings. The van der Waals surface area contributed by atoms with Gasteiger partial charge in [0.05, 0.1) is 5.52 Å². The number of nitrogens with zero attached hydrogens (tertiary/aromatic N) is 5. The van der Waals surface area contributed by atoms with E-state index in [1.54, 1.807) is 28.1 Å². The van der Waals surface area contributed by atoms with Crippen LogP contribution in [0.15, 0.2) is 55.0 Å². The molecule has 0 aliphatic carbocycles. The zero-order chi connectivity index (χ0) is 23.8. The van der Waals surface area contributed by atoms with Gasteiger partial charge in [0, 0.05) is 41.6 Å². The van der Waals surface area contributed by atoms with Crippen LogP contribution in [-0.4, -0.2) is 55.7 Å². The van der Waals surface area contributed by atoms with E-state index in [1.807, 2.05) is 37.3 Å². The average molecular weight is 475 g/mol. The summed E-state index contributed by atoms with van der Waals surface area (Å²) in [5, 5.41) is 3.13. The average Bonchev–Trinajstić information content (AvgIpc) is 2.84. The number of nitrogens with two attached hydrogens (primary N) is 1. The molecule has 34 heavy (non-hydrogen) atoms. The molecule has 0 radical (unpaired) electrons. The molecule has 2 aromatic carbocycles. The molecular weight excluding hydrogens is 452 g/mol. The lowest BCUT2D eigenvalue weighted by molar-refractivity contribution is -0.141. The van der Waals surface area contributed by atoms with Crippen molar-refractivity contribution in [3.63, 3.8) is 0 Å². The lowest BCUT2D eigenvalue weighted by atomic mass is 10.0. The number of amides is 2. The van der Waals surface area contributed by atoms with E-state index in [0.29, 0.717) is 42.6 Å². The van der Waals surface area contributed by atoms with E-state index in [1.165, 1.54) is 6.33 Å². The van der Waals surface area contributed by atoms with Crippen molar-refractivity contribution in [1.29, 1.82) is 0 Å². The molecule has 0 saturated carbocycles. The minimum atomic E-state index is -0.539. The highest BCUT2D eigenvalue weighted by Gasteiger charge is 2.37. The normalized spacial score (nSPS) is 16.4. The first-order valence-corrected chi connectivity index (χ1v) is 11.5. The van der Waals surface area contributed by atoms with Gasteiger partial charge in [0.25, 0.3) is 5.91 Å². The molecule has 0 bridgehead atoms. The van der Waals surface area contributed by atoms with Gasteiger partial charge in [0.2, 0.25) is 5.91 Å². The van der Waals surface area contributed by atoms with Gasteiger partial charge in [-0.1, -0.05) is 30.7 Å². The third-order valence-corrected chi connectivity index (χ3v) is 6.47. The second kappa shape index (κ2) is 8.87. The second-order valence-corrected chi connectivity index (χ2v) is 8.79. The zero-order valence-electron chi connectivity index (χ0n) is 18.6. The van der Waals surface area contributed by atoms with Crippen molar-refractivity contribution in [2.45, 2.75) is 25.9 Å². The molecule has 9 heteroatoms. The summed E-state index contributed by atoms with van der Waals surface area (Å²) in [6, 6.07) is 12.4. The highest BCUT2D eigenvalue weighted by molar-refractivity contribution is 6.31. The van der Waals surface area contributed by atoms with Crippen LogP contribution >= 0.6 is 11.6 Å². The Morgan fingerprint density at radius 2 is 1.94 bits per heavy atom. The van der Waals surface area contributed by atoms with Crippen LogP contribution < -0.4 is 5.73 Å². The highest BCUT2D eigenvalue weighted by atomic mass is 35.5. The molecule has 1 aliphatic heterocycles. The summed E-state index contributed by atoms with van der Waals surface area (Å²) < 4.78 is 0. The van der Waals surface area contributed by atoms with Crippen molar-refractivity contribution < 1.29 is 9.59 Å². The Balaban J connectivity index is 1.35. The third kappa shape index (κ3) is 4.01. The number of rotatable bonds is 4. The number of anilines is 1. The van der Waals surface area contributed by atoms with Crippen molar-refractivity contribution in [3.8, 4) is 0 Å². The van der Waals surface area contributed by atoms with Crippen LogP contribution in [0.5, 0.6) is 0 Å². The van der Waals surface area contributed by atoms with Gasteiger partial charge < -0.3 is 15.5 Å². The number of benzene rings is 2. The van der Waals surface area contributed by atoms with E-state index in [0.717, 1.165) is 27.2 Å². The van der Waals surface area contributed by atoms with Crippen LogP contribution in [0, 0.1) is 0 Å². The first-order chi connectivity index (χ1) is 16.4. The van der Waals surface area contributed by atoms with E-state index in [2.05, 4.69) is 15.0 Å². The number of fused-ring (bicyclic) bond motifs is 2. The molecule has 172 valence electrons. The maximum atomic E-state index is 13.3. The summed E-state index contributed by atoms with van der Waals surface area (Å²) in [6.45, 7) is 3.23. The van der Waals surface area contributed by atoms with E-state index in [4.69, 9.17) is 17.3 Å². The van der Waals surface area contributed by atoms with E-state index < -0.39 is 6.04 Å². The number of hydrogen-bond acceptors (Lipinski definition) is 6. The molecule has 4 aromatic rings. The van der Waals surface area contributed by atoms with Crippen molar-refractivity contribution in [1.82, 2.24) is 24.8 Å². The predicted molar refractivity (Wildman–Crippen MR) is 131 cm³/mol. The van der Waals surface area contributed by atoms with E-state index in [-0.39, 0.29) is 11.8 Å². The Morgan fingerprint density at radius 1 is 1.09 bits per heavy atom. The fraction of sp³-hybridized carbons (Fsp3) is 0.240. The number of hydrogen-bond donors (Lipinski definition) is 1. The molecule has 8 nitrogen and oxygen atoms in total. The number of aromatic nitrogens is 3. The number of pyridine rings is 1. The largest absolute Gasteiger partial charge is 0.383 e. The van der Waals surface area contributed by atoms with Gasteiger partial charge in [-0.15, -0.1) is 0 Å². The Labute approximate surface area is 201 Å². The molecule has 5 rings (SSSR count). The maximum Gasteiger partial charge on any atom is 0.273 e. The molecular formula is C25H23ClN6O2. The highest BCUT2D eigenvalue weighted by Crippen LogP contribution is 2.24. The number of halogens is 1. The standard InChI is InChI=1S/C25H23ClN6O2/c1-2-22-25(34)31(13-15-3-6-19-20(9-15)29-14-30-23(19)27)7-8-32(22)24(33)21-11-16-4-5-18(26)10-17(16)12-28-21/h3-6,9-12,14,22H,2,7-8,13H2,1H3,(H2,27,29,30)/t22-/m0/s1. The SMILES string of the molecule is CC[C@H]1C(=O)N(Cc2ccc3c(N)ncnc3c2)CCN1C(=O)c1cc2ccc(Cl)cc2cn1.